The van der Waals surface area contributed by atoms with Crippen LogP contribution < -0.4 is 9.97 Å². The van der Waals surface area contributed by atoms with Crippen LogP contribution in [0.4, 0.5) is 0 Å². The van der Waals surface area contributed by atoms with Gasteiger partial charge in [0.25, 0.3) is 0 Å². The molecule has 0 aliphatic carbocycles. The van der Waals surface area contributed by atoms with Gasteiger partial charge in [0.05, 0.1) is 29.6 Å². The molecule has 0 atom stereocenters. The van der Waals surface area contributed by atoms with Crippen LogP contribution in [0.25, 0.3) is 68.6 Å². The van der Waals surface area contributed by atoms with E-state index >= 15 is 0 Å². The molecule has 3 aromatic heterocycles. The van der Waals surface area contributed by atoms with Gasteiger partial charge in [0.1, 0.15) is 0 Å². The van der Waals surface area contributed by atoms with Gasteiger partial charge in [-0.05, 0) is 64.9 Å². The molecular weight excluding hydrogens is 547 g/mol. The number of hydrogen-bond donors (Lipinski definition) is 0. The Morgan fingerprint density at radius 3 is 2.02 bits per heavy atom. The number of unbranched alkanes of at least 4 members (excludes halogenated alkanes) is 1. The maximum Gasteiger partial charge on any atom is 2.00 e. The van der Waals surface area contributed by atoms with Gasteiger partial charge in [-0.25, -0.2) is 9.97 Å². The first-order chi connectivity index (χ1) is 21.8. The van der Waals surface area contributed by atoms with E-state index in [-0.39, 0.29) is 57.9 Å². The minimum atomic E-state index is -0.126. The molecule has 2 aliphatic rings. The second kappa shape index (κ2) is 11.6. The van der Waals surface area contributed by atoms with E-state index in [0.29, 0.717) is 51.2 Å². The van der Waals surface area contributed by atoms with Crippen molar-refractivity contribution in [2.24, 2.45) is 0 Å². The van der Waals surface area contributed by atoms with Crippen LogP contribution in [0, 0.1) is 0 Å². The molecule has 5 heteroatoms. The summed E-state index contributed by atoms with van der Waals surface area (Å²) < 4.78 is 44.7. The Labute approximate surface area is 256 Å². The van der Waals surface area contributed by atoms with Crippen molar-refractivity contribution in [2.45, 2.75) is 26.2 Å². The van der Waals surface area contributed by atoms with Crippen molar-refractivity contribution < 1.29 is 23.3 Å². The first-order valence-corrected chi connectivity index (χ1v) is 13.5. The molecule has 0 saturated heterocycles. The van der Waals surface area contributed by atoms with E-state index < -0.39 is 0 Å². The number of rotatable bonds is 5. The van der Waals surface area contributed by atoms with E-state index in [1.54, 1.807) is 24.3 Å². The molecule has 0 amide bonds. The molecule has 2 aliphatic heterocycles. The third-order valence-electron chi connectivity index (χ3n) is 7.05. The molecule has 41 heavy (non-hydrogen) atoms. The van der Waals surface area contributed by atoms with Gasteiger partial charge >= 0.3 is 16.5 Å². The number of aryl methyl sites for hydroxylation is 1. The molecule has 0 radical (unpaired) electrons. The molecule has 2 aromatic carbocycles. The Morgan fingerprint density at radius 1 is 0.683 bits per heavy atom. The number of benzene rings is 2. The summed E-state index contributed by atoms with van der Waals surface area (Å²) in [5.41, 5.74) is 6.68. The van der Waals surface area contributed by atoms with E-state index in [1.807, 2.05) is 60.7 Å². The average Bonchev–Trinajstić information content (AvgIpc) is 3.81. The summed E-state index contributed by atoms with van der Waals surface area (Å²) in [4.78, 5) is 19.5. The second-order valence-electron chi connectivity index (χ2n) is 9.73. The quantitative estimate of drug-likeness (QED) is 0.196. The summed E-state index contributed by atoms with van der Waals surface area (Å²) in [6.07, 6.45) is 5.64. The second-order valence-corrected chi connectivity index (χ2v) is 9.73. The van der Waals surface area contributed by atoms with E-state index in [9.17, 15) is 0 Å². The molecule has 5 aromatic rings. The van der Waals surface area contributed by atoms with Gasteiger partial charge in [-0.2, -0.15) is 0 Å². The van der Waals surface area contributed by atoms with Gasteiger partial charge < -0.3 is 9.97 Å². The van der Waals surface area contributed by atoms with Gasteiger partial charge in [0.2, 0.25) is 0 Å². The van der Waals surface area contributed by atoms with Crippen LogP contribution in [0.15, 0.2) is 90.9 Å². The van der Waals surface area contributed by atoms with Gasteiger partial charge in [-0.15, -0.1) is 22.1 Å². The summed E-state index contributed by atoms with van der Waals surface area (Å²) in [5.74, 6) is 0. The predicted octanol–water partition coefficient (Wildman–Crippen LogP) is 8.59. The van der Waals surface area contributed by atoms with E-state index in [2.05, 4.69) is 6.92 Å². The summed E-state index contributed by atoms with van der Waals surface area (Å²) in [7, 11) is 0. The SMILES string of the molecule is [2H]C1=Cc2nc1c([2H])c1[n-]c(cc1[2H])c(-c1ccccc1)c1nc(c(CCCC)c3[n-]c(cc3[2H])c2-c2ccccc2)C([2H])=C1.[Ni+2]. The minimum Gasteiger partial charge on any atom is -0.657 e. The van der Waals surface area contributed by atoms with Crippen molar-refractivity contribution in [2.75, 3.05) is 0 Å². The van der Waals surface area contributed by atoms with Crippen LogP contribution in [0.2, 0.25) is 0 Å². The molecule has 7 rings (SSSR count). The van der Waals surface area contributed by atoms with E-state index in [1.165, 1.54) is 0 Å². The normalized spacial score (nSPS) is 14.1. The monoisotopic (exact) mass is 579 g/mol. The zero-order valence-corrected chi connectivity index (χ0v) is 23.3. The topological polar surface area (TPSA) is 54.0 Å². The molecule has 8 bridgehead atoms. The maximum atomic E-state index is 9.04. The third kappa shape index (κ3) is 5.21. The summed E-state index contributed by atoms with van der Waals surface area (Å²) in [5, 5.41) is 0. The molecule has 0 saturated carbocycles. The third-order valence-corrected chi connectivity index (χ3v) is 7.05. The number of nitrogens with zero attached hydrogens (tertiary/aromatic N) is 4. The zero-order chi connectivity index (χ0) is 31.2. The average molecular weight is 580 g/mol. The standard InChI is InChI=1S/C36H28N4.Ni/c1-2-3-14-28-29-19-21-33(39-29)35(24-10-6-4-7-11-24)31-17-15-26(37-31)23-27-16-18-32(38-27)36(25-12-8-5-9-13-25)34-22-20-30(28)40-34;/h4-13,15-23H,2-3,14H2,1H3;/q-2;+2/i15D,16D,19D,20D,23D;. The fourth-order valence-corrected chi connectivity index (χ4v) is 5.11. The van der Waals surface area contributed by atoms with Gasteiger partial charge in [-0.1, -0.05) is 104 Å². The van der Waals surface area contributed by atoms with Gasteiger partial charge in [0, 0.05) is 0 Å². The summed E-state index contributed by atoms with van der Waals surface area (Å²) in [6, 6.07) is 22.9. The van der Waals surface area contributed by atoms with Crippen LogP contribution in [0.3, 0.4) is 0 Å². The van der Waals surface area contributed by atoms with Crippen LogP contribution in [0.1, 0.15) is 55.0 Å². The van der Waals surface area contributed by atoms with Gasteiger partial charge in [0.15, 0.2) is 0 Å². The van der Waals surface area contributed by atoms with E-state index in [4.69, 9.17) is 26.8 Å². The molecule has 5 heterocycles. The van der Waals surface area contributed by atoms with Crippen molar-refractivity contribution in [1.82, 2.24) is 19.9 Å². The zero-order valence-electron chi connectivity index (χ0n) is 27.3. The largest absolute Gasteiger partial charge is 2.00 e. The molecule has 0 N–H and O–H groups in total. The fraction of sp³-hybridized carbons (Fsp3) is 0.111. The minimum absolute atomic E-state index is 0. The Morgan fingerprint density at radius 2 is 1.32 bits per heavy atom. The van der Waals surface area contributed by atoms with Crippen molar-refractivity contribution in [3.05, 3.63) is 119 Å². The van der Waals surface area contributed by atoms with Crippen LogP contribution >= 0.6 is 0 Å². The van der Waals surface area contributed by atoms with Crippen molar-refractivity contribution in [3.63, 3.8) is 0 Å². The van der Waals surface area contributed by atoms with Crippen LogP contribution in [-0.2, 0) is 22.9 Å². The van der Waals surface area contributed by atoms with Crippen molar-refractivity contribution in [3.8, 4) is 22.3 Å². The Hall–Kier alpha value is -4.47. The number of fused-ring (bicyclic) bond motifs is 8. The maximum absolute atomic E-state index is 9.04. The Bertz CT molecular complexity index is 2170. The molecule has 0 fully saturated rings. The molecule has 202 valence electrons. The Kier molecular flexibility index (Phi) is 6.01. The Balaban J connectivity index is 0.00000372. The molecule has 0 spiro atoms. The number of aromatic nitrogens is 4. The summed E-state index contributed by atoms with van der Waals surface area (Å²) >= 11 is 0. The first kappa shape index (κ1) is 21.3. The molecule has 0 unspecified atom stereocenters. The first-order valence-electron chi connectivity index (χ1n) is 16.0. The molecule has 4 nitrogen and oxygen atoms in total. The van der Waals surface area contributed by atoms with Crippen LogP contribution in [-0.4, -0.2) is 9.97 Å². The summed E-state index contributed by atoms with van der Waals surface area (Å²) in [6.45, 7) is 2.10. The van der Waals surface area contributed by atoms with Crippen molar-refractivity contribution in [1.29, 1.82) is 0 Å². The van der Waals surface area contributed by atoms with Gasteiger partial charge in [-0.3, -0.25) is 0 Å². The fourth-order valence-electron chi connectivity index (χ4n) is 5.11. The smallest absolute Gasteiger partial charge is 0.657 e. The van der Waals surface area contributed by atoms with E-state index in [0.717, 1.165) is 29.5 Å². The number of hydrogen-bond acceptors (Lipinski definition) is 2. The molecular formula is C36H28N4Ni. The van der Waals surface area contributed by atoms with Crippen LogP contribution in [0.5, 0.6) is 0 Å². The van der Waals surface area contributed by atoms with Crippen molar-refractivity contribution >= 4 is 46.3 Å². The predicted molar refractivity (Wildman–Crippen MR) is 166 cm³/mol.